The SMILES string of the molecule is CCNc1cc(SC2CCOCC2)nc(COCC)n1. The third-order valence-corrected chi connectivity index (χ3v) is 4.25. The Hall–Kier alpha value is -0.850. The minimum atomic E-state index is 0.469. The molecule has 0 aromatic carbocycles. The predicted molar refractivity (Wildman–Crippen MR) is 81.2 cm³/mol. The normalized spacial score (nSPS) is 16.3. The molecule has 0 saturated carbocycles. The first-order valence-electron chi connectivity index (χ1n) is 7.25. The maximum absolute atomic E-state index is 5.42. The Morgan fingerprint density at radius 1 is 1.35 bits per heavy atom. The van der Waals surface area contributed by atoms with Crippen LogP contribution in [-0.4, -0.2) is 41.6 Å². The average molecular weight is 297 g/mol. The molecule has 0 aliphatic carbocycles. The zero-order chi connectivity index (χ0) is 14.2. The maximum atomic E-state index is 5.42. The molecule has 0 bridgehead atoms. The zero-order valence-electron chi connectivity index (χ0n) is 12.2. The maximum Gasteiger partial charge on any atom is 0.157 e. The molecule has 1 saturated heterocycles. The van der Waals surface area contributed by atoms with E-state index in [1.807, 2.05) is 24.8 Å². The molecule has 5 nitrogen and oxygen atoms in total. The topological polar surface area (TPSA) is 56.3 Å². The highest BCUT2D eigenvalue weighted by Gasteiger charge is 2.16. The number of aromatic nitrogens is 2. The Kier molecular flexibility index (Phi) is 6.56. The third-order valence-electron chi connectivity index (χ3n) is 3.00. The van der Waals surface area contributed by atoms with E-state index in [4.69, 9.17) is 9.47 Å². The van der Waals surface area contributed by atoms with Crippen LogP contribution in [0, 0.1) is 0 Å². The molecule has 0 unspecified atom stereocenters. The molecule has 1 aromatic rings. The van der Waals surface area contributed by atoms with Crippen molar-refractivity contribution in [1.29, 1.82) is 0 Å². The number of hydrogen-bond acceptors (Lipinski definition) is 6. The summed E-state index contributed by atoms with van der Waals surface area (Å²) >= 11 is 1.83. The van der Waals surface area contributed by atoms with Crippen molar-refractivity contribution in [3.8, 4) is 0 Å². The number of ether oxygens (including phenoxy) is 2. The minimum Gasteiger partial charge on any atom is -0.381 e. The molecule has 0 spiro atoms. The second kappa shape index (κ2) is 8.44. The van der Waals surface area contributed by atoms with E-state index in [1.165, 1.54) is 0 Å². The van der Waals surface area contributed by atoms with Crippen LogP contribution in [0.4, 0.5) is 5.82 Å². The summed E-state index contributed by atoms with van der Waals surface area (Å²) in [7, 11) is 0. The number of rotatable bonds is 7. The van der Waals surface area contributed by atoms with Crippen molar-refractivity contribution < 1.29 is 9.47 Å². The van der Waals surface area contributed by atoms with Crippen molar-refractivity contribution in [3.63, 3.8) is 0 Å². The Bertz CT molecular complexity index is 411. The molecule has 1 fully saturated rings. The van der Waals surface area contributed by atoms with Gasteiger partial charge in [0.15, 0.2) is 5.82 Å². The lowest BCUT2D eigenvalue weighted by Gasteiger charge is -2.21. The molecule has 6 heteroatoms. The van der Waals surface area contributed by atoms with Crippen molar-refractivity contribution in [2.45, 2.75) is 43.6 Å². The minimum absolute atomic E-state index is 0.469. The van der Waals surface area contributed by atoms with Gasteiger partial charge in [0.1, 0.15) is 17.5 Å². The highest BCUT2D eigenvalue weighted by atomic mass is 32.2. The number of anilines is 1. The van der Waals surface area contributed by atoms with Crippen molar-refractivity contribution in [1.82, 2.24) is 9.97 Å². The largest absolute Gasteiger partial charge is 0.381 e. The summed E-state index contributed by atoms with van der Waals surface area (Å²) in [5.41, 5.74) is 0. The van der Waals surface area contributed by atoms with Gasteiger partial charge in [0.25, 0.3) is 0 Å². The fraction of sp³-hybridized carbons (Fsp3) is 0.714. The Morgan fingerprint density at radius 3 is 2.85 bits per heavy atom. The number of thioether (sulfide) groups is 1. The van der Waals surface area contributed by atoms with Crippen LogP contribution < -0.4 is 5.32 Å². The summed E-state index contributed by atoms with van der Waals surface area (Å²) in [5, 5.41) is 4.87. The molecule has 2 heterocycles. The lowest BCUT2D eigenvalue weighted by molar-refractivity contribution is 0.1000. The van der Waals surface area contributed by atoms with Gasteiger partial charge in [-0.25, -0.2) is 9.97 Å². The first kappa shape index (κ1) is 15.5. The molecule has 0 radical (unpaired) electrons. The molecule has 1 aliphatic heterocycles. The van der Waals surface area contributed by atoms with E-state index in [-0.39, 0.29) is 0 Å². The molecular formula is C14H23N3O2S. The highest BCUT2D eigenvalue weighted by Crippen LogP contribution is 2.29. The lowest BCUT2D eigenvalue weighted by atomic mass is 10.2. The fourth-order valence-corrected chi connectivity index (χ4v) is 3.13. The van der Waals surface area contributed by atoms with E-state index < -0.39 is 0 Å². The summed E-state index contributed by atoms with van der Waals surface area (Å²) in [6, 6.07) is 2.03. The Labute approximate surface area is 124 Å². The van der Waals surface area contributed by atoms with Gasteiger partial charge in [0.2, 0.25) is 0 Å². The standard InChI is InChI=1S/C14H23N3O2S/c1-3-15-12-9-14(17-13(16-12)10-18-4-2)20-11-5-7-19-8-6-11/h9,11H,3-8,10H2,1-2H3,(H,15,16,17). The van der Waals surface area contributed by atoms with Crippen LogP contribution in [0.5, 0.6) is 0 Å². The van der Waals surface area contributed by atoms with E-state index in [0.29, 0.717) is 18.5 Å². The van der Waals surface area contributed by atoms with Gasteiger partial charge >= 0.3 is 0 Å². The monoisotopic (exact) mass is 297 g/mol. The van der Waals surface area contributed by atoms with E-state index in [1.54, 1.807) is 0 Å². The predicted octanol–water partition coefficient (Wildman–Crippen LogP) is 2.72. The van der Waals surface area contributed by atoms with Gasteiger partial charge in [-0.05, 0) is 26.7 Å². The van der Waals surface area contributed by atoms with Crippen LogP contribution in [0.1, 0.15) is 32.5 Å². The van der Waals surface area contributed by atoms with Crippen molar-refractivity contribution in [2.75, 3.05) is 31.7 Å². The molecule has 2 rings (SSSR count). The van der Waals surface area contributed by atoms with Gasteiger partial charge in [-0.15, -0.1) is 11.8 Å². The number of hydrogen-bond donors (Lipinski definition) is 1. The van der Waals surface area contributed by atoms with Gasteiger partial charge in [0, 0.05) is 37.7 Å². The van der Waals surface area contributed by atoms with E-state index in [9.17, 15) is 0 Å². The summed E-state index contributed by atoms with van der Waals surface area (Å²) in [6.45, 7) is 7.76. The summed E-state index contributed by atoms with van der Waals surface area (Å²) in [4.78, 5) is 9.06. The van der Waals surface area contributed by atoms with E-state index in [0.717, 1.165) is 49.3 Å². The lowest BCUT2D eigenvalue weighted by Crippen LogP contribution is -2.17. The fourth-order valence-electron chi connectivity index (χ4n) is 2.03. The summed E-state index contributed by atoms with van der Waals surface area (Å²) in [6.07, 6.45) is 2.18. The number of nitrogens with one attached hydrogen (secondary N) is 1. The van der Waals surface area contributed by atoms with Crippen LogP contribution >= 0.6 is 11.8 Å². The molecule has 0 amide bonds. The van der Waals surface area contributed by atoms with Crippen LogP contribution in [0.15, 0.2) is 11.1 Å². The second-order valence-electron chi connectivity index (χ2n) is 4.60. The quantitative estimate of drug-likeness (QED) is 0.781. The third kappa shape index (κ3) is 4.92. The van der Waals surface area contributed by atoms with Crippen molar-refractivity contribution in [2.24, 2.45) is 0 Å². The molecule has 0 atom stereocenters. The number of nitrogens with zero attached hydrogens (tertiary/aromatic N) is 2. The van der Waals surface area contributed by atoms with Crippen LogP contribution in [-0.2, 0) is 16.1 Å². The Morgan fingerprint density at radius 2 is 2.15 bits per heavy atom. The van der Waals surface area contributed by atoms with Crippen LogP contribution in [0.3, 0.4) is 0 Å². The molecule has 20 heavy (non-hydrogen) atoms. The Balaban J connectivity index is 2.06. The summed E-state index contributed by atoms with van der Waals surface area (Å²) in [5.74, 6) is 1.63. The molecule has 1 aromatic heterocycles. The first-order valence-corrected chi connectivity index (χ1v) is 8.13. The average Bonchev–Trinajstić information content (AvgIpc) is 2.46. The van der Waals surface area contributed by atoms with Crippen molar-refractivity contribution >= 4 is 17.6 Å². The molecule has 1 aliphatic rings. The van der Waals surface area contributed by atoms with Gasteiger partial charge in [-0.1, -0.05) is 0 Å². The van der Waals surface area contributed by atoms with Crippen molar-refractivity contribution in [3.05, 3.63) is 11.9 Å². The van der Waals surface area contributed by atoms with Gasteiger partial charge in [-0.2, -0.15) is 0 Å². The van der Waals surface area contributed by atoms with Crippen LogP contribution in [0.2, 0.25) is 0 Å². The van der Waals surface area contributed by atoms with Crippen LogP contribution in [0.25, 0.3) is 0 Å². The zero-order valence-corrected chi connectivity index (χ0v) is 13.0. The molecule has 112 valence electrons. The highest BCUT2D eigenvalue weighted by molar-refractivity contribution is 7.99. The molecule has 1 N–H and O–H groups in total. The van der Waals surface area contributed by atoms with Gasteiger partial charge < -0.3 is 14.8 Å². The second-order valence-corrected chi connectivity index (χ2v) is 5.93. The molecular weight excluding hydrogens is 274 g/mol. The first-order chi connectivity index (χ1) is 9.81. The van der Waals surface area contributed by atoms with E-state index in [2.05, 4.69) is 22.2 Å². The van der Waals surface area contributed by atoms with Gasteiger partial charge in [0.05, 0.1) is 0 Å². The van der Waals surface area contributed by atoms with E-state index >= 15 is 0 Å². The smallest absolute Gasteiger partial charge is 0.157 e. The van der Waals surface area contributed by atoms with Gasteiger partial charge in [-0.3, -0.25) is 0 Å². The summed E-state index contributed by atoms with van der Waals surface area (Å²) < 4.78 is 10.8.